The molecule has 160 valence electrons. The van der Waals surface area contributed by atoms with Crippen LogP contribution in [0.15, 0.2) is 12.2 Å². The third-order valence-electron chi connectivity index (χ3n) is 10.4. The number of aliphatic hydroxyl groups is 1. The van der Waals surface area contributed by atoms with Crippen molar-refractivity contribution in [3.63, 3.8) is 0 Å². The third-order valence-corrected chi connectivity index (χ3v) is 10.4. The number of aliphatic hydroxyl groups excluding tert-OH is 1. The predicted molar refractivity (Wildman–Crippen MR) is 119 cm³/mol. The molecule has 0 aromatic rings. The Morgan fingerprint density at radius 3 is 2.43 bits per heavy atom. The molecule has 4 aliphatic carbocycles. The van der Waals surface area contributed by atoms with Crippen LogP contribution in [0.1, 0.15) is 98.8 Å². The second-order valence-corrected chi connectivity index (χ2v) is 12.2. The van der Waals surface area contributed by atoms with Gasteiger partial charge in [-0.15, -0.1) is 0 Å². The van der Waals surface area contributed by atoms with Gasteiger partial charge in [-0.2, -0.15) is 0 Å². The molecule has 0 aromatic heterocycles. The summed E-state index contributed by atoms with van der Waals surface area (Å²) in [5.74, 6) is 5.63. The first-order chi connectivity index (χ1) is 13.3. The maximum absolute atomic E-state index is 11.1. The third kappa shape index (κ3) is 3.32. The van der Waals surface area contributed by atoms with Crippen molar-refractivity contribution < 1.29 is 5.11 Å². The average molecular weight is 387 g/mol. The van der Waals surface area contributed by atoms with E-state index in [1.54, 1.807) is 0 Å². The number of hydrogen-bond donors (Lipinski definition) is 1. The molecule has 0 aliphatic heterocycles. The van der Waals surface area contributed by atoms with E-state index in [4.69, 9.17) is 0 Å². The quantitative estimate of drug-likeness (QED) is 0.493. The van der Waals surface area contributed by atoms with E-state index in [0.717, 1.165) is 48.3 Å². The molecular formula is C27H46O. The minimum absolute atomic E-state index is 0.0685. The Bertz CT molecular complexity index is 579. The lowest BCUT2D eigenvalue weighted by Crippen LogP contribution is -2.56. The monoisotopic (exact) mass is 386 g/mol. The summed E-state index contributed by atoms with van der Waals surface area (Å²) >= 11 is 0. The van der Waals surface area contributed by atoms with Crippen LogP contribution in [0, 0.1) is 52.3 Å². The smallest absolute Gasteiger partial charge is 0.0579 e. The van der Waals surface area contributed by atoms with Gasteiger partial charge in [0, 0.05) is 0 Å². The summed E-state index contributed by atoms with van der Waals surface area (Å²) in [7, 11) is 0. The maximum Gasteiger partial charge on any atom is 0.0579 e. The van der Waals surface area contributed by atoms with Crippen LogP contribution < -0.4 is 0 Å². The van der Waals surface area contributed by atoms with Crippen molar-refractivity contribution in [1.29, 1.82) is 0 Å². The Balaban J connectivity index is 1.50. The van der Waals surface area contributed by atoms with Crippen LogP contribution in [0.25, 0.3) is 0 Å². The van der Waals surface area contributed by atoms with E-state index in [0.29, 0.717) is 16.7 Å². The highest BCUT2D eigenvalue weighted by Gasteiger charge is 2.61. The molecule has 1 nitrogen and oxygen atoms in total. The van der Waals surface area contributed by atoms with Gasteiger partial charge >= 0.3 is 0 Å². The Labute approximate surface area is 174 Å². The number of fused-ring (bicyclic) bond motifs is 5. The van der Waals surface area contributed by atoms with Crippen molar-refractivity contribution in [1.82, 2.24) is 0 Å². The summed E-state index contributed by atoms with van der Waals surface area (Å²) in [5, 5.41) is 11.1. The Hall–Kier alpha value is -0.300. The Morgan fingerprint density at radius 2 is 1.68 bits per heavy atom. The summed E-state index contributed by atoms with van der Waals surface area (Å²) < 4.78 is 0. The van der Waals surface area contributed by atoms with Gasteiger partial charge in [-0.3, -0.25) is 0 Å². The van der Waals surface area contributed by atoms with E-state index >= 15 is 0 Å². The molecule has 3 fully saturated rings. The van der Waals surface area contributed by atoms with Gasteiger partial charge in [-0.05, 0) is 97.2 Å². The topological polar surface area (TPSA) is 20.2 Å². The normalized spacial score (nSPS) is 48.8. The van der Waals surface area contributed by atoms with Crippen molar-refractivity contribution in [3.05, 3.63) is 12.2 Å². The highest BCUT2D eigenvalue weighted by Crippen LogP contribution is 2.68. The van der Waals surface area contributed by atoms with Gasteiger partial charge in [0.25, 0.3) is 0 Å². The second-order valence-electron chi connectivity index (χ2n) is 12.2. The van der Waals surface area contributed by atoms with Crippen LogP contribution in [-0.2, 0) is 0 Å². The summed E-state index contributed by atoms with van der Waals surface area (Å²) in [6.07, 6.45) is 18.1. The Morgan fingerprint density at radius 1 is 0.929 bits per heavy atom. The number of rotatable bonds is 5. The molecule has 4 rings (SSSR count). The van der Waals surface area contributed by atoms with Gasteiger partial charge in [-0.25, -0.2) is 0 Å². The van der Waals surface area contributed by atoms with Gasteiger partial charge in [-0.1, -0.05) is 66.0 Å². The highest BCUT2D eigenvalue weighted by atomic mass is 16.3. The molecule has 0 saturated heterocycles. The van der Waals surface area contributed by atoms with Crippen LogP contribution in [0.5, 0.6) is 0 Å². The fraction of sp³-hybridized carbons (Fsp3) is 0.926. The molecule has 4 aliphatic rings. The molecule has 0 bridgehead atoms. The molecule has 9 unspecified atom stereocenters. The fourth-order valence-corrected chi connectivity index (χ4v) is 8.93. The van der Waals surface area contributed by atoms with Crippen LogP contribution >= 0.6 is 0 Å². The Kier molecular flexibility index (Phi) is 5.80. The van der Waals surface area contributed by atoms with Gasteiger partial charge in [0.05, 0.1) is 6.10 Å². The van der Waals surface area contributed by atoms with Gasteiger partial charge in [0.15, 0.2) is 0 Å². The van der Waals surface area contributed by atoms with Crippen molar-refractivity contribution in [2.75, 3.05) is 0 Å². The van der Waals surface area contributed by atoms with Crippen molar-refractivity contribution >= 4 is 0 Å². The highest BCUT2D eigenvalue weighted by molar-refractivity contribution is 5.14. The van der Waals surface area contributed by atoms with Crippen molar-refractivity contribution in [2.24, 2.45) is 52.3 Å². The average Bonchev–Trinajstić information content (AvgIpc) is 2.99. The largest absolute Gasteiger partial charge is 0.393 e. The molecule has 0 spiro atoms. The number of allylic oxidation sites excluding steroid dienone is 2. The summed E-state index contributed by atoms with van der Waals surface area (Å²) in [6.45, 7) is 12.5. The lowest BCUT2D eigenvalue weighted by Gasteiger charge is -2.61. The maximum atomic E-state index is 11.1. The van der Waals surface area contributed by atoms with Gasteiger partial charge < -0.3 is 5.11 Å². The van der Waals surface area contributed by atoms with Gasteiger partial charge in [0.1, 0.15) is 0 Å². The van der Waals surface area contributed by atoms with Crippen LogP contribution in [0.2, 0.25) is 0 Å². The van der Waals surface area contributed by atoms with Crippen LogP contribution in [0.4, 0.5) is 0 Å². The molecule has 0 heterocycles. The molecule has 9 atom stereocenters. The van der Waals surface area contributed by atoms with Crippen LogP contribution in [-0.4, -0.2) is 11.2 Å². The molecule has 3 saturated carbocycles. The molecule has 0 amide bonds. The molecule has 1 N–H and O–H groups in total. The minimum atomic E-state index is -0.0685. The summed E-state index contributed by atoms with van der Waals surface area (Å²) in [5.41, 5.74) is 0.880. The van der Waals surface area contributed by atoms with Gasteiger partial charge in [0.2, 0.25) is 0 Å². The fourth-order valence-electron chi connectivity index (χ4n) is 8.93. The van der Waals surface area contributed by atoms with E-state index in [1.165, 1.54) is 51.4 Å². The lowest BCUT2D eigenvalue weighted by atomic mass is 9.44. The van der Waals surface area contributed by atoms with E-state index in [1.807, 2.05) is 0 Å². The standard InChI is InChI=1S/C27H46O/c1-18(2)9-8-10-19(3)21-12-13-22-20-17-25(28)24-11-6-7-15-26(24,4)23(20)14-16-27(21,22)5/h6-7,18-25,28H,8-17H2,1-5H3. The summed E-state index contributed by atoms with van der Waals surface area (Å²) in [6, 6.07) is 0. The SMILES string of the molecule is CC(C)CCCC(C)C1CCC2C3CC(O)C4CC=CCC4(C)C3CCC12C. The molecule has 1 heteroatoms. The first-order valence-corrected chi connectivity index (χ1v) is 12.6. The lowest BCUT2D eigenvalue weighted by molar-refractivity contribution is -0.146. The van der Waals surface area contributed by atoms with Crippen molar-refractivity contribution in [3.8, 4) is 0 Å². The van der Waals surface area contributed by atoms with Crippen LogP contribution in [0.3, 0.4) is 0 Å². The predicted octanol–water partition coefficient (Wildman–Crippen LogP) is 7.24. The first kappa shape index (κ1) is 21.0. The molecule has 28 heavy (non-hydrogen) atoms. The first-order valence-electron chi connectivity index (χ1n) is 12.6. The zero-order chi connectivity index (χ0) is 20.1. The molecule has 0 radical (unpaired) electrons. The molecular weight excluding hydrogens is 340 g/mol. The summed E-state index contributed by atoms with van der Waals surface area (Å²) in [4.78, 5) is 0. The second kappa shape index (κ2) is 7.75. The van der Waals surface area contributed by atoms with E-state index < -0.39 is 0 Å². The number of hydrogen-bond acceptors (Lipinski definition) is 1. The zero-order valence-electron chi connectivity index (χ0n) is 19.3. The minimum Gasteiger partial charge on any atom is -0.393 e. The van der Waals surface area contributed by atoms with Crippen molar-refractivity contribution in [2.45, 2.75) is 105 Å². The zero-order valence-corrected chi connectivity index (χ0v) is 19.3. The van der Waals surface area contributed by atoms with E-state index in [2.05, 4.69) is 46.8 Å². The molecule has 0 aromatic carbocycles. The van der Waals surface area contributed by atoms with E-state index in [-0.39, 0.29) is 6.10 Å². The van der Waals surface area contributed by atoms with E-state index in [9.17, 15) is 5.11 Å².